The Morgan fingerprint density at radius 3 is 2.81 bits per heavy atom. The third-order valence-corrected chi connectivity index (χ3v) is 5.10. The van der Waals surface area contributed by atoms with E-state index in [2.05, 4.69) is 15.8 Å². The van der Waals surface area contributed by atoms with Crippen LogP contribution in [0.15, 0.2) is 48.8 Å². The van der Waals surface area contributed by atoms with Crippen molar-refractivity contribution in [3.63, 3.8) is 0 Å². The number of pyridine rings is 1. The number of urea groups is 1. The van der Waals surface area contributed by atoms with Crippen LogP contribution in [0.1, 0.15) is 24.4 Å². The number of nitrogens with one attached hydrogen (secondary N) is 3. The van der Waals surface area contributed by atoms with Crippen LogP contribution in [-0.4, -0.2) is 35.2 Å². The standard InChI is InChI=1S/C21H22F3N5O2/c1-31-28-19(13-5-6-13)15-7-8-29-17(11-25-18(29)10-15)14-3-2-4-16(9-14)27-20(30)26-12-21(22,23)24/h2-4,7-11,13,19,28H,5-6,12H2,1H3,(H2,26,27,30). The molecule has 0 bridgehead atoms. The zero-order valence-electron chi connectivity index (χ0n) is 16.7. The van der Waals surface area contributed by atoms with Crippen molar-refractivity contribution in [3.05, 3.63) is 54.4 Å². The van der Waals surface area contributed by atoms with Crippen molar-refractivity contribution in [1.82, 2.24) is 20.2 Å². The molecule has 3 N–H and O–H groups in total. The number of hydrogen-bond acceptors (Lipinski definition) is 4. The summed E-state index contributed by atoms with van der Waals surface area (Å²) in [6, 6.07) is 10.1. The fraction of sp³-hybridized carbons (Fsp3) is 0.333. The van der Waals surface area contributed by atoms with Gasteiger partial charge in [-0.15, -0.1) is 0 Å². The Morgan fingerprint density at radius 1 is 1.29 bits per heavy atom. The van der Waals surface area contributed by atoms with Gasteiger partial charge in [0, 0.05) is 17.4 Å². The summed E-state index contributed by atoms with van der Waals surface area (Å²) in [6.45, 7) is -1.39. The van der Waals surface area contributed by atoms with Crippen LogP contribution in [0, 0.1) is 5.92 Å². The Hall–Kier alpha value is -3.11. The Balaban J connectivity index is 1.53. The van der Waals surface area contributed by atoms with E-state index in [0.717, 1.165) is 35.3 Å². The van der Waals surface area contributed by atoms with Gasteiger partial charge in [0.1, 0.15) is 12.2 Å². The van der Waals surface area contributed by atoms with Crippen LogP contribution in [-0.2, 0) is 4.84 Å². The maximum Gasteiger partial charge on any atom is 0.405 e. The number of carbonyl (C=O) groups is 1. The summed E-state index contributed by atoms with van der Waals surface area (Å²) in [6.07, 6.45) is 1.49. The van der Waals surface area contributed by atoms with Crippen molar-refractivity contribution in [3.8, 4) is 11.3 Å². The van der Waals surface area contributed by atoms with Crippen molar-refractivity contribution in [1.29, 1.82) is 0 Å². The van der Waals surface area contributed by atoms with E-state index in [1.807, 2.05) is 28.8 Å². The van der Waals surface area contributed by atoms with Gasteiger partial charge >= 0.3 is 12.2 Å². The average molecular weight is 433 g/mol. The molecule has 0 saturated heterocycles. The van der Waals surface area contributed by atoms with Gasteiger partial charge in [-0.05, 0) is 48.6 Å². The monoisotopic (exact) mass is 433 g/mol. The highest BCUT2D eigenvalue weighted by Gasteiger charge is 2.32. The third kappa shape index (κ3) is 5.15. The molecule has 1 fully saturated rings. The molecule has 2 aromatic heterocycles. The molecule has 1 unspecified atom stereocenters. The van der Waals surface area contributed by atoms with E-state index >= 15 is 0 Å². The number of aromatic nitrogens is 2. The van der Waals surface area contributed by atoms with E-state index in [4.69, 9.17) is 4.84 Å². The maximum absolute atomic E-state index is 12.3. The van der Waals surface area contributed by atoms with E-state index in [1.165, 1.54) is 0 Å². The topological polar surface area (TPSA) is 79.7 Å². The normalized spacial score (nSPS) is 15.1. The number of benzene rings is 1. The van der Waals surface area contributed by atoms with Crippen molar-refractivity contribution < 1.29 is 22.8 Å². The van der Waals surface area contributed by atoms with Crippen LogP contribution in [0.5, 0.6) is 0 Å². The van der Waals surface area contributed by atoms with Crippen molar-refractivity contribution in [2.45, 2.75) is 25.1 Å². The van der Waals surface area contributed by atoms with E-state index in [-0.39, 0.29) is 6.04 Å². The molecule has 10 heteroatoms. The number of amides is 2. The zero-order valence-corrected chi connectivity index (χ0v) is 16.7. The van der Waals surface area contributed by atoms with Gasteiger partial charge in [0.25, 0.3) is 0 Å². The maximum atomic E-state index is 12.3. The molecule has 2 amide bonds. The molecule has 1 aliphatic rings. The number of nitrogens with zero attached hydrogens (tertiary/aromatic N) is 2. The van der Waals surface area contributed by atoms with Crippen molar-refractivity contribution in [2.24, 2.45) is 5.92 Å². The second-order valence-corrected chi connectivity index (χ2v) is 7.47. The zero-order chi connectivity index (χ0) is 22.0. The smallest absolute Gasteiger partial charge is 0.329 e. The summed E-state index contributed by atoms with van der Waals surface area (Å²) in [4.78, 5) is 21.4. The van der Waals surface area contributed by atoms with E-state index < -0.39 is 18.8 Å². The molecular formula is C21H22F3N5O2. The first-order valence-electron chi connectivity index (χ1n) is 9.81. The molecule has 1 aliphatic carbocycles. The number of hydroxylamine groups is 1. The first-order chi connectivity index (χ1) is 14.8. The summed E-state index contributed by atoms with van der Waals surface area (Å²) in [5, 5.41) is 4.21. The number of halogens is 3. The first-order valence-corrected chi connectivity index (χ1v) is 9.81. The molecule has 0 aliphatic heterocycles. The average Bonchev–Trinajstić information content (AvgIpc) is 3.48. The highest BCUT2D eigenvalue weighted by atomic mass is 19.4. The van der Waals surface area contributed by atoms with Gasteiger partial charge in [0.15, 0.2) is 0 Å². The van der Waals surface area contributed by atoms with E-state index in [9.17, 15) is 18.0 Å². The lowest BCUT2D eigenvalue weighted by atomic mass is 10.0. The van der Waals surface area contributed by atoms with Crippen LogP contribution in [0.2, 0.25) is 0 Å². The number of fused-ring (bicyclic) bond motifs is 1. The van der Waals surface area contributed by atoms with Gasteiger partial charge in [0.2, 0.25) is 0 Å². The molecular weight excluding hydrogens is 411 g/mol. The summed E-state index contributed by atoms with van der Waals surface area (Å²) in [7, 11) is 1.60. The number of carbonyl (C=O) groups excluding carboxylic acids is 1. The molecule has 3 aromatic rings. The lowest BCUT2D eigenvalue weighted by Gasteiger charge is -2.17. The fourth-order valence-corrected chi connectivity index (χ4v) is 3.51. The van der Waals surface area contributed by atoms with Crippen molar-refractivity contribution in [2.75, 3.05) is 19.0 Å². The lowest BCUT2D eigenvalue weighted by molar-refractivity contribution is -0.122. The molecule has 31 heavy (non-hydrogen) atoms. The molecule has 1 saturated carbocycles. The van der Waals surface area contributed by atoms with Gasteiger partial charge < -0.3 is 15.5 Å². The number of anilines is 1. The number of rotatable bonds is 7. The number of imidazole rings is 1. The quantitative estimate of drug-likeness (QED) is 0.486. The van der Waals surface area contributed by atoms with Crippen LogP contribution in [0.4, 0.5) is 23.7 Å². The minimum atomic E-state index is -4.47. The SMILES string of the molecule is CONC(c1ccn2c(-c3cccc(NC(=O)NCC(F)(F)F)c3)cnc2c1)C1CC1. The number of hydrogen-bond donors (Lipinski definition) is 3. The summed E-state index contributed by atoms with van der Waals surface area (Å²) < 4.78 is 38.7. The van der Waals surface area contributed by atoms with E-state index in [1.54, 1.807) is 36.8 Å². The fourth-order valence-electron chi connectivity index (χ4n) is 3.51. The minimum absolute atomic E-state index is 0.109. The van der Waals surface area contributed by atoms with Gasteiger partial charge in [-0.1, -0.05) is 12.1 Å². The Kier molecular flexibility index (Phi) is 5.84. The summed E-state index contributed by atoms with van der Waals surface area (Å²) in [5.41, 5.74) is 6.84. The molecule has 2 heterocycles. The van der Waals surface area contributed by atoms with Gasteiger partial charge in [-0.25, -0.2) is 9.78 Å². The Bertz CT molecular complexity index is 1080. The molecule has 7 nitrogen and oxygen atoms in total. The third-order valence-electron chi connectivity index (χ3n) is 5.10. The van der Waals surface area contributed by atoms with Crippen LogP contribution in [0.3, 0.4) is 0 Å². The van der Waals surface area contributed by atoms with E-state index in [0.29, 0.717) is 11.6 Å². The van der Waals surface area contributed by atoms with Crippen molar-refractivity contribution >= 4 is 17.4 Å². The predicted molar refractivity (Wildman–Crippen MR) is 109 cm³/mol. The lowest BCUT2D eigenvalue weighted by Crippen LogP contribution is -2.36. The highest BCUT2D eigenvalue weighted by molar-refractivity contribution is 5.90. The molecule has 1 atom stereocenters. The van der Waals surface area contributed by atoms with Gasteiger partial charge in [0.05, 0.1) is 25.0 Å². The van der Waals surface area contributed by atoms with Gasteiger partial charge in [-0.2, -0.15) is 18.7 Å². The number of alkyl halides is 3. The summed E-state index contributed by atoms with van der Waals surface area (Å²) in [5.74, 6) is 0.545. The second kappa shape index (κ2) is 8.56. The molecule has 0 spiro atoms. The van der Waals surface area contributed by atoms with Crippen LogP contribution in [0.25, 0.3) is 16.9 Å². The largest absolute Gasteiger partial charge is 0.405 e. The predicted octanol–water partition coefficient (Wildman–Crippen LogP) is 4.29. The molecule has 0 radical (unpaired) electrons. The molecule has 1 aromatic carbocycles. The van der Waals surface area contributed by atoms with Crippen LogP contribution < -0.4 is 16.1 Å². The minimum Gasteiger partial charge on any atom is -0.329 e. The molecule has 4 rings (SSSR count). The molecule has 164 valence electrons. The Labute approximate surface area is 176 Å². The Morgan fingerprint density at radius 2 is 2.10 bits per heavy atom. The second-order valence-electron chi connectivity index (χ2n) is 7.47. The van der Waals surface area contributed by atoms with Gasteiger partial charge in [-0.3, -0.25) is 4.40 Å². The first kappa shape index (κ1) is 21.1. The highest BCUT2D eigenvalue weighted by Crippen LogP contribution is 2.41. The summed E-state index contributed by atoms with van der Waals surface area (Å²) >= 11 is 0. The van der Waals surface area contributed by atoms with Crippen LogP contribution >= 0.6 is 0 Å².